The predicted molar refractivity (Wildman–Crippen MR) is 89.8 cm³/mol. The van der Waals surface area contributed by atoms with Gasteiger partial charge in [-0.1, -0.05) is 69.9 Å². The highest BCUT2D eigenvalue weighted by atomic mass is 79.9. The second kappa shape index (κ2) is 4.52. The highest BCUT2D eigenvalue weighted by Gasteiger charge is 2.65. The number of nitrogens with zero attached hydrogens (tertiary/aromatic N) is 2. The molecule has 1 fully saturated rings. The van der Waals surface area contributed by atoms with Crippen LogP contribution in [0.2, 0.25) is 39.3 Å². The van der Waals surface area contributed by atoms with E-state index in [4.69, 9.17) is 0 Å². The topological polar surface area (TPSA) is 6.48 Å². The molecule has 15 heavy (non-hydrogen) atoms. The quantitative estimate of drug-likeness (QED) is 0.312. The molecule has 0 atom stereocenters. The molecule has 0 unspecified atom stereocenters. The maximum absolute atomic E-state index is 3.97. The molecule has 0 aromatic carbocycles. The van der Waals surface area contributed by atoms with Gasteiger partial charge in [0.1, 0.15) is 16.5 Å². The van der Waals surface area contributed by atoms with Crippen molar-refractivity contribution in [2.24, 2.45) is 0 Å². The molecule has 0 radical (unpaired) electrons. The van der Waals surface area contributed by atoms with Crippen molar-refractivity contribution in [2.45, 2.75) is 39.3 Å². The summed E-state index contributed by atoms with van der Waals surface area (Å²) >= 11 is 11.8. The van der Waals surface area contributed by atoms with E-state index in [-0.39, 0.29) is 6.93 Å². The lowest BCUT2D eigenvalue weighted by Crippen LogP contribution is -2.75. The van der Waals surface area contributed by atoms with Crippen molar-refractivity contribution in [1.82, 2.24) is 8.00 Å². The first-order chi connectivity index (χ1) is 6.40. The molecule has 0 aromatic heterocycles. The molecule has 90 valence electrons. The second-order valence-corrected chi connectivity index (χ2v) is 32.6. The lowest BCUT2D eigenvalue weighted by Gasteiger charge is -2.64. The minimum Gasteiger partial charge on any atom is -0.275 e. The Bertz CT molecular complexity index is 241. The smallest absolute Gasteiger partial charge is 0.275 e. The first-order valence-corrected chi connectivity index (χ1v) is 21.4. The Hall–Kier alpha value is 2.44. The maximum Gasteiger partial charge on any atom is 0.351 e. The molecule has 0 amide bonds. The van der Waals surface area contributed by atoms with Crippen molar-refractivity contribution in [3.8, 4) is 0 Å². The van der Waals surface area contributed by atoms with Gasteiger partial charge in [-0.15, -0.1) is 0 Å². The Balaban J connectivity index is 2.96. The van der Waals surface area contributed by atoms with E-state index in [1.54, 1.807) is 0 Å². The minimum absolute atomic E-state index is 0.238. The van der Waals surface area contributed by atoms with E-state index in [0.29, 0.717) is 0 Å². The van der Waals surface area contributed by atoms with Crippen LogP contribution in [-0.4, -0.2) is 30.1 Å². The summed E-state index contributed by atoms with van der Waals surface area (Å²) in [6.45, 7) is 14.2. The Labute approximate surface area is 121 Å². The normalized spacial score (nSPS) is 25.4. The number of hydrogen-bond acceptors (Lipinski definition) is 2. The summed E-state index contributed by atoms with van der Waals surface area (Å²) in [5.41, 5.74) is -1.65. The first-order valence-electron chi connectivity index (χ1n) is 4.84. The van der Waals surface area contributed by atoms with Gasteiger partial charge in [0, 0.05) is 0 Å². The van der Waals surface area contributed by atoms with E-state index in [0.717, 1.165) is 0 Å². The summed E-state index contributed by atoms with van der Waals surface area (Å²) in [6.07, 6.45) is 0. The molecule has 1 rings (SSSR count). The lowest BCUT2D eigenvalue weighted by molar-refractivity contribution is 0.790. The first kappa shape index (κ1) is 15.5. The molecule has 2 nitrogen and oxygen atoms in total. The average molecular weight is 473 g/mol. The molecule has 0 spiro atoms. The fraction of sp³-hybridized carbons (Fsp3) is 1.00. The largest absolute Gasteiger partial charge is 0.351 e. The molecule has 9 heteroatoms. The Kier molecular flexibility index (Phi) is 4.67. The average Bonchev–Trinajstić information content (AvgIpc) is 1.74. The highest BCUT2D eigenvalue weighted by molar-refractivity contribution is 9.52. The summed E-state index contributed by atoms with van der Waals surface area (Å²) in [6, 6.07) is 0. The van der Waals surface area contributed by atoms with Gasteiger partial charge in [0.2, 0.25) is 0 Å². The summed E-state index contributed by atoms with van der Waals surface area (Å²) in [5, 5.41) is 0. The van der Waals surface area contributed by atoms with Crippen molar-refractivity contribution < 1.29 is 0 Å². The van der Waals surface area contributed by atoms with E-state index in [9.17, 15) is 0 Å². The lowest BCUT2D eigenvalue weighted by atomic mass is 11.8. The van der Waals surface area contributed by atoms with Crippen LogP contribution in [0.4, 0.5) is 0 Å². The molecule has 1 aliphatic rings. The summed E-state index contributed by atoms with van der Waals surface area (Å²) in [4.78, 5) is 0. The third-order valence-electron chi connectivity index (χ3n) is 2.11. The van der Waals surface area contributed by atoms with Crippen molar-refractivity contribution in [2.75, 3.05) is 0 Å². The van der Waals surface area contributed by atoms with Crippen LogP contribution >= 0.6 is 53.0 Å². The number of hydrogen-bond donors (Lipinski definition) is 0. The zero-order chi connectivity index (χ0) is 12.2. The SMILES string of the molecule is C[Si](C)(C)N1P(Br)N([Si](C)(C)C)[Si]1(Br)Br. The summed E-state index contributed by atoms with van der Waals surface area (Å²) < 4.78 is 5.43. The molecular formula is C6H18Br3N2PSi3. The molecule has 1 saturated heterocycles. The van der Waals surface area contributed by atoms with Crippen LogP contribution in [0.3, 0.4) is 0 Å². The van der Waals surface area contributed by atoms with Crippen LogP contribution in [-0.2, 0) is 0 Å². The van der Waals surface area contributed by atoms with Gasteiger partial charge in [0.15, 0.2) is 0 Å². The van der Waals surface area contributed by atoms with Gasteiger partial charge in [-0.05, 0) is 15.5 Å². The standard InChI is InChI=1S/C6H18Br3N2PSi3/c1-13(2,3)10-12(7)11(14(4,5)6)15(10,8)9/h1-6H3. The number of rotatable bonds is 2. The molecule has 0 aromatic rings. The van der Waals surface area contributed by atoms with Gasteiger partial charge in [0.05, 0.1) is 6.93 Å². The zero-order valence-corrected chi connectivity index (χ0v) is 18.6. The molecule has 1 aliphatic heterocycles. The molecule has 0 N–H and O–H groups in total. The minimum atomic E-state index is -1.65. The van der Waals surface area contributed by atoms with Crippen LogP contribution in [0.25, 0.3) is 0 Å². The van der Waals surface area contributed by atoms with Gasteiger partial charge >= 0.3 is 5.64 Å². The van der Waals surface area contributed by atoms with E-state index in [2.05, 4.69) is 93.4 Å². The van der Waals surface area contributed by atoms with Gasteiger partial charge in [-0.2, -0.15) is 0 Å². The van der Waals surface area contributed by atoms with Gasteiger partial charge < -0.3 is 0 Å². The number of halogens is 3. The molecule has 0 aliphatic carbocycles. The molecular weight excluding hydrogens is 455 g/mol. The molecule has 0 saturated carbocycles. The Morgan fingerprint density at radius 1 is 0.867 bits per heavy atom. The molecule has 0 bridgehead atoms. The van der Waals surface area contributed by atoms with Crippen molar-refractivity contribution in [3.63, 3.8) is 0 Å². The Morgan fingerprint density at radius 2 is 1.13 bits per heavy atom. The van der Waals surface area contributed by atoms with Crippen LogP contribution in [0, 0.1) is 0 Å². The predicted octanol–water partition coefficient (Wildman–Crippen LogP) is 5.12. The second-order valence-electron chi connectivity index (χ2n) is 5.72. The maximum atomic E-state index is 3.97. The Morgan fingerprint density at radius 3 is 1.27 bits per heavy atom. The van der Waals surface area contributed by atoms with Crippen LogP contribution in [0.15, 0.2) is 0 Å². The van der Waals surface area contributed by atoms with Crippen LogP contribution in [0.1, 0.15) is 0 Å². The molecule has 1 heterocycles. The third kappa shape index (κ3) is 2.89. The third-order valence-corrected chi connectivity index (χ3v) is 36.8. The highest BCUT2D eigenvalue weighted by Crippen LogP contribution is 2.72. The van der Waals surface area contributed by atoms with E-state index < -0.39 is 22.1 Å². The van der Waals surface area contributed by atoms with Crippen molar-refractivity contribution in [3.05, 3.63) is 0 Å². The van der Waals surface area contributed by atoms with Gasteiger partial charge in [-0.25, -0.2) is 0 Å². The van der Waals surface area contributed by atoms with E-state index in [1.807, 2.05) is 0 Å². The fourth-order valence-electron chi connectivity index (χ4n) is 1.64. The summed E-state index contributed by atoms with van der Waals surface area (Å²) in [5.74, 6) is 0. The van der Waals surface area contributed by atoms with Gasteiger partial charge in [0.25, 0.3) is 0 Å². The van der Waals surface area contributed by atoms with Crippen LogP contribution in [0.5, 0.6) is 0 Å². The van der Waals surface area contributed by atoms with E-state index >= 15 is 0 Å². The summed E-state index contributed by atoms with van der Waals surface area (Å²) in [7, 11) is -2.46. The zero-order valence-electron chi connectivity index (χ0n) is 9.98. The van der Waals surface area contributed by atoms with E-state index in [1.165, 1.54) is 0 Å². The fourth-order valence-corrected chi connectivity index (χ4v) is 62.2. The van der Waals surface area contributed by atoms with Crippen LogP contribution < -0.4 is 0 Å². The van der Waals surface area contributed by atoms with Crippen molar-refractivity contribution >= 4 is 75.1 Å². The monoisotopic (exact) mass is 470 g/mol. The van der Waals surface area contributed by atoms with Gasteiger partial charge in [-0.3, -0.25) is 8.00 Å². The van der Waals surface area contributed by atoms with Crippen molar-refractivity contribution in [1.29, 1.82) is 0 Å².